The van der Waals surface area contributed by atoms with Crippen molar-refractivity contribution in [2.24, 2.45) is 5.92 Å². The normalized spacial score (nSPS) is 18.8. The van der Waals surface area contributed by atoms with Crippen molar-refractivity contribution in [3.05, 3.63) is 29.0 Å². The fourth-order valence-electron chi connectivity index (χ4n) is 2.70. The van der Waals surface area contributed by atoms with Crippen molar-refractivity contribution in [1.82, 2.24) is 4.90 Å². The number of anilines is 1. The standard InChI is InChI=1S/C15H20ClFN2O3S/c1-11-4-3-7-18(9-11)15(20)10-19(23(2,21)22)14-6-5-12(16)8-13(14)17/h5-6,8,11H,3-4,7,9-10H2,1-2H3/t11-/m1/s1. The van der Waals surface area contributed by atoms with E-state index in [4.69, 9.17) is 11.6 Å². The molecule has 0 aromatic heterocycles. The van der Waals surface area contributed by atoms with Gasteiger partial charge in [0.05, 0.1) is 11.9 Å². The van der Waals surface area contributed by atoms with Crippen LogP contribution in [-0.4, -0.2) is 45.1 Å². The third-order valence-electron chi connectivity index (χ3n) is 3.87. The Morgan fingerprint density at radius 1 is 1.48 bits per heavy atom. The van der Waals surface area contributed by atoms with E-state index in [2.05, 4.69) is 0 Å². The van der Waals surface area contributed by atoms with Gasteiger partial charge in [-0.15, -0.1) is 0 Å². The molecular formula is C15H20ClFN2O3S. The molecule has 0 unspecified atom stereocenters. The summed E-state index contributed by atoms with van der Waals surface area (Å²) < 4.78 is 38.9. The van der Waals surface area contributed by atoms with E-state index in [1.165, 1.54) is 12.1 Å². The summed E-state index contributed by atoms with van der Waals surface area (Å²) >= 11 is 5.70. The minimum Gasteiger partial charge on any atom is -0.341 e. The molecule has 1 aliphatic rings. The van der Waals surface area contributed by atoms with Gasteiger partial charge in [-0.3, -0.25) is 9.10 Å². The molecule has 0 spiro atoms. The van der Waals surface area contributed by atoms with E-state index in [-0.39, 0.29) is 16.6 Å². The first kappa shape index (κ1) is 18.0. The predicted molar refractivity (Wildman–Crippen MR) is 88.6 cm³/mol. The van der Waals surface area contributed by atoms with Crippen LogP contribution in [0.1, 0.15) is 19.8 Å². The molecule has 2 rings (SSSR count). The molecule has 1 aliphatic heterocycles. The number of nitrogens with zero attached hydrogens (tertiary/aromatic N) is 2. The Hall–Kier alpha value is -1.34. The van der Waals surface area contributed by atoms with Gasteiger partial charge in [0, 0.05) is 18.1 Å². The Bertz CT molecular complexity index is 696. The van der Waals surface area contributed by atoms with Crippen LogP contribution in [0.25, 0.3) is 0 Å². The number of rotatable bonds is 4. The first-order chi connectivity index (χ1) is 10.7. The van der Waals surface area contributed by atoms with E-state index in [0.717, 1.165) is 29.5 Å². The van der Waals surface area contributed by atoms with Crippen LogP contribution < -0.4 is 4.31 Å². The molecule has 0 N–H and O–H groups in total. The van der Waals surface area contributed by atoms with Crippen molar-refractivity contribution in [3.63, 3.8) is 0 Å². The lowest BCUT2D eigenvalue weighted by Crippen LogP contribution is -2.46. The fraction of sp³-hybridized carbons (Fsp3) is 0.533. The summed E-state index contributed by atoms with van der Waals surface area (Å²) in [4.78, 5) is 14.1. The highest BCUT2D eigenvalue weighted by molar-refractivity contribution is 7.92. The van der Waals surface area contributed by atoms with E-state index in [1.807, 2.05) is 6.92 Å². The number of sulfonamides is 1. The molecule has 1 aromatic carbocycles. The molecule has 0 aliphatic carbocycles. The van der Waals surface area contributed by atoms with Gasteiger partial charge in [0.2, 0.25) is 15.9 Å². The molecule has 1 saturated heterocycles. The Morgan fingerprint density at radius 2 is 2.17 bits per heavy atom. The molecule has 1 aromatic rings. The Kier molecular flexibility index (Phi) is 5.52. The molecular weight excluding hydrogens is 343 g/mol. The topological polar surface area (TPSA) is 57.7 Å². The summed E-state index contributed by atoms with van der Waals surface area (Å²) in [6.07, 6.45) is 2.89. The Labute approximate surface area is 141 Å². The molecule has 0 saturated carbocycles. The maximum absolute atomic E-state index is 14.1. The van der Waals surface area contributed by atoms with Crippen molar-refractivity contribution < 1.29 is 17.6 Å². The van der Waals surface area contributed by atoms with Crippen LogP contribution in [0.5, 0.6) is 0 Å². The number of carbonyl (C=O) groups excluding carboxylic acids is 1. The van der Waals surface area contributed by atoms with Crippen LogP contribution in [0, 0.1) is 11.7 Å². The number of benzene rings is 1. The van der Waals surface area contributed by atoms with Crippen LogP contribution >= 0.6 is 11.6 Å². The number of hydrogen-bond acceptors (Lipinski definition) is 3. The lowest BCUT2D eigenvalue weighted by Gasteiger charge is -2.33. The van der Waals surface area contributed by atoms with Crippen molar-refractivity contribution in [3.8, 4) is 0 Å². The largest absolute Gasteiger partial charge is 0.341 e. The van der Waals surface area contributed by atoms with E-state index >= 15 is 0 Å². The minimum absolute atomic E-state index is 0.163. The van der Waals surface area contributed by atoms with Gasteiger partial charge in [-0.25, -0.2) is 12.8 Å². The van der Waals surface area contributed by atoms with Crippen molar-refractivity contribution in [2.75, 3.05) is 30.2 Å². The second-order valence-corrected chi connectivity index (χ2v) is 8.30. The van der Waals surface area contributed by atoms with Gasteiger partial charge >= 0.3 is 0 Å². The summed E-state index contributed by atoms with van der Waals surface area (Å²) in [7, 11) is -3.80. The van der Waals surface area contributed by atoms with Gasteiger partial charge in [-0.2, -0.15) is 0 Å². The highest BCUT2D eigenvalue weighted by Crippen LogP contribution is 2.25. The maximum atomic E-state index is 14.1. The van der Waals surface area contributed by atoms with Crippen LogP contribution in [-0.2, 0) is 14.8 Å². The minimum atomic E-state index is -3.80. The van der Waals surface area contributed by atoms with Gasteiger partial charge in [0.1, 0.15) is 12.4 Å². The average molecular weight is 363 g/mol. The van der Waals surface area contributed by atoms with Crippen molar-refractivity contribution >= 4 is 33.2 Å². The zero-order chi connectivity index (χ0) is 17.2. The zero-order valence-electron chi connectivity index (χ0n) is 13.1. The molecule has 1 amide bonds. The quantitative estimate of drug-likeness (QED) is 0.826. The SMILES string of the molecule is C[C@@H]1CCCN(C(=O)CN(c2ccc(Cl)cc2F)S(C)(=O)=O)C1. The van der Waals surface area contributed by atoms with E-state index in [0.29, 0.717) is 19.0 Å². The summed E-state index contributed by atoms with van der Waals surface area (Å²) in [5, 5.41) is 0.163. The van der Waals surface area contributed by atoms with E-state index in [1.54, 1.807) is 4.90 Å². The lowest BCUT2D eigenvalue weighted by molar-refractivity contribution is -0.131. The average Bonchev–Trinajstić information content (AvgIpc) is 2.44. The summed E-state index contributed by atoms with van der Waals surface area (Å²) in [6.45, 7) is 2.83. The van der Waals surface area contributed by atoms with Gasteiger partial charge in [0.25, 0.3) is 0 Å². The van der Waals surface area contributed by atoms with Gasteiger partial charge in [0.15, 0.2) is 0 Å². The number of piperidine rings is 1. The lowest BCUT2D eigenvalue weighted by atomic mass is 10.0. The Morgan fingerprint density at radius 3 is 2.74 bits per heavy atom. The van der Waals surface area contributed by atoms with Crippen LogP contribution in [0.2, 0.25) is 5.02 Å². The second kappa shape index (κ2) is 7.05. The summed E-state index contributed by atoms with van der Waals surface area (Å²) in [6, 6.07) is 3.69. The smallest absolute Gasteiger partial charge is 0.243 e. The van der Waals surface area contributed by atoms with Crippen LogP contribution in [0.15, 0.2) is 18.2 Å². The molecule has 1 atom stereocenters. The molecule has 1 fully saturated rings. The first-order valence-electron chi connectivity index (χ1n) is 7.39. The van der Waals surface area contributed by atoms with E-state index in [9.17, 15) is 17.6 Å². The molecule has 8 heteroatoms. The highest BCUT2D eigenvalue weighted by atomic mass is 35.5. The maximum Gasteiger partial charge on any atom is 0.243 e. The third kappa shape index (κ3) is 4.57. The predicted octanol–water partition coefficient (Wildman–Crippen LogP) is 2.50. The third-order valence-corrected chi connectivity index (χ3v) is 5.23. The monoisotopic (exact) mass is 362 g/mol. The van der Waals surface area contributed by atoms with Gasteiger partial charge < -0.3 is 4.90 Å². The van der Waals surface area contributed by atoms with Crippen LogP contribution in [0.4, 0.5) is 10.1 Å². The summed E-state index contributed by atoms with van der Waals surface area (Å²) in [5.41, 5.74) is -0.171. The number of carbonyl (C=O) groups is 1. The van der Waals surface area contributed by atoms with Crippen molar-refractivity contribution in [2.45, 2.75) is 19.8 Å². The molecule has 0 bridgehead atoms. The number of hydrogen-bond donors (Lipinski definition) is 0. The number of likely N-dealkylation sites (tertiary alicyclic amines) is 1. The van der Waals surface area contributed by atoms with Gasteiger partial charge in [-0.1, -0.05) is 18.5 Å². The van der Waals surface area contributed by atoms with Crippen molar-refractivity contribution in [1.29, 1.82) is 0 Å². The second-order valence-electron chi connectivity index (χ2n) is 5.95. The van der Waals surface area contributed by atoms with E-state index < -0.39 is 22.4 Å². The summed E-state index contributed by atoms with van der Waals surface area (Å²) in [5.74, 6) is -0.717. The Balaban J connectivity index is 2.24. The molecule has 0 radical (unpaired) electrons. The molecule has 5 nitrogen and oxygen atoms in total. The zero-order valence-corrected chi connectivity index (χ0v) is 14.7. The molecule has 1 heterocycles. The molecule has 23 heavy (non-hydrogen) atoms. The molecule has 128 valence electrons. The highest BCUT2D eigenvalue weighted by Gasteiger charge is 2.28. The number of halogens is 2. The first-order valence-corrected chi connectivity index (χ1v) is 9.61. The fourth-order valence-corrected chi connectivity index (χ4v) is 3.71. The van der Waals surface area contributed by atoms with Crippen LogP contribution in [0.3, 0.4) is 0 Å². The van der Waals surface area contributed by atoms with Gasteiger partial charge in [-0.05, 0) is 37.0 Å². The number of amides is 1.